The summed E-state index contributed by atoms with van der Waals surface area (Å²) in [7, 11) is 1.87. The van der Waals surface area contributed by atoms with Gasteiger partial charge in [-0.1, -0.05) is 12.1 Å². The van der Waals surface area contributed by atoms with E-state index in [4.69, 9.17) is 0 Å². The Morgan fingerprint density at radius 2 is 2.15 bits per heavy atom. The van der Waals surface area contributed by atoms with E-state index >= 15 is 0 Å². The van der Waals surface area contributed by atoms with E-state index in [-0.39, 0.29) is 11.7 Å². The van der Waals surface area contributed by atoms with Crippen molar-refractivity contribution >= 4 is 17.2 Å². The van der Waals surface area contributed by atoms with Gasteiger partial charge in [-0.2, -0.15) is 0 Å². The first-order chi connectivity index (χ1) is 9.72. The number of aromatic nitrogens is 1. The summed E-state index contributed by atoms with van der Waals surface area (Å²) >= 11 is 1.19. The third-order valence-corrected chi connectivity index (χ3v) is 3.75. The first kappa shape index (κ1) is 14.6. The Labute approximate surface area is 121 Å². The molecular formula is C14H16FN3OS. The highest BCUT2D eigenvalue weighted by Gasteiger charge is 2.13. The molecule has 0 fully saturated rings. The Hall–Kier alpha value is -1.79. The molecule has 2 aromatic rings. The fourth-order valence-corrected chi connectivity index (χ4v) is 2.55. The molecular weight excluding hydrogens is 277 g/mol. The van der Waals surface area contributed by atoms with Gasteiger partial charge in [0.2, 0.25) is 0 Å². The average Bonchev–Trinajstić information content (AvgIpc) is 2.93. The Bertz CT molecular complexity index is 585. The van der Waals surface area contributed by atoms with E-state index in [1.807, 2.05) is 7.05 Å². The minimum Gasteiger partial charge on any atom is -0.351 e. The maximum Gasteiger partial charge on any atom is 0.263 e. The molecule has 0 saturated carbocycles. The number of amides is 1. The van der Waals surface area contributed by atoms with Gasteiger partial charge >= 0.3 is 0 Å². The highest BCUT2D eigenvalue weighted by atomic mass is 32.1. The van der Waals surface area contributed by atoms with Crippen molar-refractivity contribution in [2.75, 3.05) is 20.1 Å². The molecule has 0 aliphatic heterocycles. The van der Waals surface area contributed by atoms with Gasteiger partial charge in [-0.05, 0) is 32.1 Å². The summed E-state index contributed by atoms with van der Waals surface area (Å²) in [5, 5.41) is 6.34. The van der Waals surface area contributed by atoms with E-state index in [2.05, 4.69) is 15.6 Å². The number of hydrogen-bond donors (Lipinski definition) is 2. The minimum absolute atomic E-state index is 0.166. The molecule has 2 N–H and O–H groups in total. The Kier molecular flexibility index (Phi) is 5.20. The molecule has 2 rings (SSSR count). The van der Waals surface area contributed by atoms with Gasteiger partial charge in [-0.3, -0.25) is 4.79 Å². The molecule has 0 aliphatic rings. The lowest BCUT2D eigenvalue weighted by molar-refractivity contribution is 0.0957. The monoisotopic (exact) mass is 293 g/mol. The van der Waals surface area contributed by atoms with Crippen LogP contribution < -0.4 is 10.6 Å². The molecule has 106 valence electrons. The summed E-state index contributed by atoms with van der Waals surface area (Å²) in [4.78, 5) is 16.5. The normalized spacial score (nSPS) is 10.5. The topological polar surface area (TPSA) is 54.0 Å². The van der Waals surface area contributed by atoms with E-state index in [0.717, 1.165) is 13.0 Å². The van der Waals surface area contributed by atoms with Crippen LogP contribution >= 0.6 is 11.3 Å². The highest BCUT2D eigenvalue weighted by molar-refractivity contribution is 7.16. The van der Waals surface area contributed by atoms with Crippen molar-refractivity contribution < 1.29 is 9.18 Å². The van der Waals surface area contributed by atoms with Gasteiger partial charge in [0.15, 0.2) is 0 Å². The number of benzene rings is 1. The number of hydrogen-bond acceptors (Lipinski definition) is 4. The molecule has 4 nitrogen and oxygen atoms in total. The van der Waals surface area contributed by atoms with Crippen LogP contribution in [0.3, 0.4) is 0 Å². The molecule has 0 saturated heterocycles. The van der Waals surface area contributed by atoms with Crippen LogP contribution in [0.4, 0.5) is 4.39 Å². The predicted octanol–water partition coefficient (Wildman–Crippen LogP) is 2.29. The number of halogens is 1. The van der Waals surface area contributed by atoms with Crippen LogP contribution in [0, 0.1) is 5.82 Å². The number of carbonyl (C=O) groups excluding carboxylic acids is 1. The van der Waals surface area contributed by atoms with Crippen molar-refractivity contribution in [3.05, 3.63) is 41.2 Å². The summed E-state index contributed by atoms with van der Waals surface area (Å²) in [6.45, 7) is 1.45. The fourth-order valence-electron chi connectivity index (χ4n) is 1.69. The first-order valence-corrected chi connectivity index (χ1v) is 7.17. The zero-order valence-corrected chi connectivity index (χ0v) is 12.0. The summed E-state index contributed by atoms with van der Waals surface area (Å²) in [6.07, 6.45) is 2.35. The zero-order valence-electron chi connectivity index (χ0n) is 11.1. The van der Waals surface area contributed by atoms with Crippen LogP contribution in [0.5, 0.6) is 0 Å². The Morgan fingerprint density at radius 1 is 1.35 bits per heavy atom. The molecule has 0 unspecified atom stereocenters. The lowest BCUT2D eigenvalue weighted by Gasteiger charge is -2.02. The summed E-state index contributed by atoms with van der Waals surface area (Å²) in [5.74, 6) is -0.496. The lowest BCUT2D eigenvalue weighted by Crippen LogP contribution is -2.25. The van der Waals surface area contributed by atoms with E-state index in [0.29, 0.717) is 22.0 Å². The average molecular weight is 293 g/mol. The van der Waals surface area contributed by atoms with Gasteiger partial charge < -0.3 is 10.6 Å². The molecule has 0 aliphatic carbocycles. The third-order valence-electron chi connectivity index (χ3n) is 2.72. The van der Waals surface area contributed by atoms with Crippen LogP contribution in [0.25, 0.3) is 10.6 Å². The molecule has 1 aromatic carbocycles. The summed E-state index contributed by atoms with van der Waals surface area (Å²) in [6, 6.07) is 6.41. The van der Waals surface area contributed by atoms with E-state index in [1.54, 1.807) is 18.2 Å². The van der Waals surface area contributed by atoms with Crippen LogP contribution in [0.2, 0.25) is 0 Å². The van der Waals surface area contributed by atoms with Gasteiger partial charge in [-0.25, -0.2) is 9.37 Å². The van der Waals surface area contributed by atoms with Gasteiger partial charge in [0.05, 0.1) is 6.20 Å². The second-order valence-electron chi connectivity index (χ2n) is 4.22. The van der Waals surface area contributed by atoms with E-state index < -0.39 is 0 Å². The maximum atomic E-state index is 13.6. The molecule has 20 heavy (non-hydrogen) atoms. The Morgan fingerprint density at radius 3 is 2.90 bits per heavy atom. The number of nitrogens with one attached hydrogen (secondary N) is 2. The number of rotatable bonds is 6. The van der Waals surface area contributed by atoms with E-state index in [9.17, 15) is 9.18 Å². The molecule has 0 atom stereocenters. The standard InChI is InChI=1S/C14H16FN3OS/c1-16-7-4-8-17-13(19)12-9-18-14(20-12)10-5-2-3-6-11(10)15/h2-3,5-6,9,16H,4,7-8H2,1H3,(H,17,19). The molecule has 0 bridgehead atoms. The molecule has 1 amide bonds. The Balaban J connectivity index is 2.02. The number of carbonyl (C=O) groups is 1. The third kappa shape index (κ3) is 3.61. The first-order valence-electron chi connectivity index (χ1n) is 6.36. The van der Waals surface area contributed by atoms with Crippen molar-refractivity contribution in [2.24, 2.45) is 0 Å². The molecule has 0 radical (unpaired) electrons. The minimum atomic E-state index is -0.331. The van der Waals surface area contributed by atoms with Crippen molar-refractivity contribution in [2.45, 2.75) is 6.42 Å². The summed E-state index contributed by atoms with van der Waals surface area (Å²) in [5.41, 5.74) is 0.423. The maximum absolute atomic E-state index is 13.6. The largest absolute Gasteiger partial charge is 0.351 e. The molecule has 1 heterocycles. The summed E-state index contributed by atoms with van der Waals surface area (Å²) < 4.78 is 13.6. The van der Waals surface area contributed by atoms with Gasteiger partial charge in [0.25, 0.3) is 5.91 Å². The van der Waals surface area contributed by atoms with Crippen molar-refractivity contribution in [3.8, 4) is 10.6 Å². The zero-order chi connectivity index (χ0) is 14.4. The highest BCUT2D eigenvalue weighted by Crippen LogP contribution is 2.27. The van der Waals surface area contributed by atoms with Gasteiger partial charge in [0, 0.05) is 12.1 Å². The predicted molar refractivity (Wildman–Crippen MR) is 78.4 cm³/mol. The smallest absolute Gasteiger partial charge is 0.263 e. The second-order valence-corrected chi connectivity index (χ2v) is 5.25. The second kappa shape index (κ2) is 7.12. The van der Waals surface area contributed by atoms with Gasteiger partial charge in [-0.15, -0.1) is 11.3 Å². The van der Waals surface area contributed by atoms with Gasteiger partial charge in [0.1, 0.15) is 15.7 Å². The van der Waals surface area contributed by atoms with E-state index in [1.165, 1.54) is 23.6 Å². The fraction of sp³-hybridized carbons (Fsp3) is 0.286. The SMILES string of the molecule is CNCCCNC(=O)c1cnc(-c2ccccc2F)s1. The molecule has 0 spiro atoms. The van der Waals surface area contributed by atoms with Crippen molar-refractivity contribution in [3.63, 3.8) is 0 Å². The van der Waals surface area contributed by atoms with Crippen LogP contribution in [0.1, 0.15) is 16.1 Å². The number of nitrogens with zero attached hydrogens (tertiary/aromatic N) is 1. The lowest BCUT2D eigenvalue weighted by atomic mass is 10.2. The van der Waals surface area contributed by atoms with Crippen molar-refractivity contribution in [1.29, 1.82) is 0 Å². The van der Waals surface area contributed by atoms with Crippen molar-refractivity contribution in [1.82, 2.24) is 15.6 Å². The molecule has 1 aromatic heterocycles. The quantitative estimate of drug-likeness (QED) is 0.804. The van der Waals surface area contributed by atoms with Crippen LogP contribution in [0.15, 0.2) is 30.5 Å². The van der Waals surface area contributed by atoms with Crippen LogP contribution in [-0.2, 0) is 0 Å². The molecule has 6 heteroatoms. The van der Waals surface area contributed by atoms with Crippen LogP contribution in [-0.4, -0.2) is 31.0 Å². The number of thiazole rings is 1.